The van der Waals surface area contributed by atoms with E-state index in [1.165, 1.54) is 43.9 Å². The van der Waals surface area contributed by atoms with Crippen molar-refractivity contribution in [2.24, 2.45) is 17.8 Å². The zero-order valence-electron chi connectivity index (χ0n) is 26.8. The van der Waals surface area contributed by atoms with Crippen molar-refractivity contribution >= 4 is 40.5 Å². The van der Waals surface area contributed by atoms with Crippen LogP contribution in [-0.2, 0) is 35.0 Å². The number of H-pyrrole nitrogens is 1. The lowest BCUT2D eigenvalue weighted by Crippen LogP contribution is -2.58. The van der Waals surface area contributed by atoms with E-state index < -0.39 is 24.1 Å². The summed E-state index contributed by atoms with van der Waals surface area (Å²) < 4.78 is 28.0. The predicted octanol–water partition coefficient (Wildman–Crippen LogP) is 4.51. The molecule has 3 heterocycles. The minimum Gasteiger partial charge on any atom is -0.497 e. The van der Waals surface area contributed by atoms with Gasteiger partial charge in [0.15, 0.2) is 0 Å². The first-order valence-corrected chi connectivity index (χ1v) is 15.6. The summed E-state index contributed by atoms with van der Waals surface area (Å²) in [5.74, 6) is -0.308. The normalized spacial score (nSPS) is 25.7. The second-order valence-corrected chi connectivity index (χ2v) is 12.3. The summed E-state index contributed by atoms with van der Waals surface area (Å²) in [5, 5.41) is 3.94. The van der Waals surface area contributed by atoms with E-state index in [0.717, 1.165) is 37.2 Å². The smallest absolute Gasteiger partial charge is 0.331 e. The average Bonchev–Trinajstić information content (AvgIpc) is 3.43. The number of ether oxygens (including phenoxy) is 5. The van der Waals surface area contributed by atoms with Gasteiger partial charge in [-0.25, -0.2) is 4.79 Å². The highest BCUT2D eigenvalue weighted by atomic mass is 16.6. The molecular weight excluding hydrogens is 590 g/mol. The molecule has 0 spiro atoms. The first kappa shape index (κ1) is 31.6. The molecule has 1 aliphatic carbocycles. The molecule has 1 aromatic heterocycles. The van der Waals surface area contributed by atoms with Crippen molar-refractivity contribution in [3.63, 3.8) is 0 Å². The number of rotatable bonds is 8. The van der Waals surface area contributed by atoms with Crippen molar-refractivity contribution < 1.29 is 38.1 Å². The second-order valence-electron chi connectivity index (χ2n) is 12.3. The zero-order chi connectivity index (χ0) is 32.5. The van der Waals surface area contributed by atoms with E-state index in [0.29, 0.717) is 23.4 Å². The van der Waals surface area contributed by atoms with Crippen LogP contribution in [-0.4, -0.2) is 81.5 Å². The molecule has 6 rings (SSSR count). The minimum atomic E-state index is -0.653. The number of piperidine rings is 1. The van der Waals surface area contributed by atoms with E-state index in [1.807, 2.05) is 12.1 Å². The quantitative estimate of drug-likeness (QED) is 0.273. The summed E-state index contributed by atoms with van der Waals surface area (Å²) in [5.41, 5.74) is 4.75. The van der Waals surface area contributed by atoms with Crippen molar-refractivity contribution in [3.05, 3.63) is 59.3 Å². The molecule has 2 fully saturated rings. The van der Waals surface area contributed by atoms with Crippen LogP contribution in [0.1, 0.15) is 42.6 Å². The van der Waals surface area contributed by atoms with Gasteiger partial charge in [0.1, 0.15) is 23.7 Å². The van der Waals surface area contributed by atoms with Crippen molar-refractivity contribution in [3.8, 4) is 11.5 Å². The molecule has 0 radical (unpaired) electrons. The van der Waals surface area contributed by atoms with Gasteiger partial charge in [0.25, 0.3) is 0 Å². The summed E-state index contributed by atoms with van der Waals surface area (Å²) in [7, 11) is 6.13. The van der Waals surface area contributed by atoms with E-state index in [1.54, 1.807) is 38.5 Å². The molecule has 3 aromatic rings. The monoisotopic (exact) mass is 631 g/mol. The fraction of sp³-hybridized carbons (Fsp3) is 0.457. The van der Waals surface area contributed by atoms with Crippen LogP contribution < -0.4 is 14.8 Å². The Kier molecular flexibility index (Phi) is 9.06. The lowest BCUT2D eigenvalue weighted by molar-refractivity contribution is -0.187. The summed E-state index contributed by atoms with van der Waals surface area (Å²) in [6, 6.07) is 11.5. The number of carbonyl (C=O) groups excluding carboxylic acids is 3. The molecule has 1 amide bonds. The van der Waals surface area contributed by atoms with Gasteiger partial charge in [-0.15, -0.1) is 0 Å². The number of hydrogen-bond donors (Lipinski definition) is 2. The van der Waals surface area contributed by atoms with E-state index in [2.05, 4.69) is 21.3 Å². The fourth-order valence-electron chi connectivity index (χ4n) is 7.83. The van der Waals surface area contributed by atoms with E-state index in [9.17, 15) is 14.4 Å². The molecule has 2 aromatic carbocycles. The van der Waals surface area contributed by atoms with Crippen LogP contribution in [0.15, 0.2) is 42.5 Å². The number of aromatic amines is 1. The Labute approximate surface area is 268 Å². The highest BCUT2D eigenvalue weighted by Gasteiger charge is 2.54. The van der Waals surface area contributed by atoms with Crippen LogP contribution in [0, 0.1) is 17.8 Å². The number of hydrogen-bond acceptors (Lipinski definition) is 9. The van der Waals surface area contributed by atoms with Gasteiger partial charge in [0, 0.05) is 55.9 Å². The van der Waals surface area contributed by atoms with E-state index in [-0.39, 0.29) is 29.8 Å². The van der Waals surface area contributed by atoms with Crippen molar-refractivity contribution in [1.29, 1.82) is 0 Å². The molecule has 244 valence electrons. The standard InChI is InChI=1S/C35H41N3O8/c1-19(39)36-27-14-20(6-10-29(27)43-3)7-11-31(40)46-30-15-21-18-38-13-12-24-23-9-8-22(42-2)16-26(23)37-33(24)28(38)17-25(21)32(34(30)44-4)35(41)45-5/h6-11,14,16,21,25,28,30,32,34,37H,12-13,15,17-18H2,1-5H3,(H,36,39)/b11-7+/t21-,25+,28-,30-,32+,34+/m1/s1. The van der Waals surface area contributed by atoms with Crippen molar-refractivity contribution in [2.75, 3.05) is 46.8 Å². The molecule has 11 nitrogen and oxygen atoms in total. The Bertz CT molecular complexity index is 1660. The number of esters is 2. The summed E-state index contributed by atoms with van der Waals surface area (Å²) >= 11 is 0. The summed E-state index contributed by atoms with van der Waals surface area (Å²) in [6.45, 7) is 3.10. The Hall–Kier alpha value is -4.35. The summed E-state index contributed by atoms with van der Waals surface area (Å²) in [4.78, 5) is 44.3. The van der Waals surface area contributed by atoms with Gasteiger partial charge in [0.2, 0.25) is 5.91 Å². The van der Waals surface area contributed by atoms with Crippen LogP contribution in [0.5, 0.6) is 11.5 Å². The molecule has 6 atom stereocenters. The van der Waals surface area contributed by atoms with Crippen LogP contribution in [0.4, 0.5) is 5.69 Å². The number of aromatic nitrogens is 1. The summed E-state index contributed by atoms with van der Waals surface area (Å²) in [6.07, 6.45) is 3.94. The van der Waals surface area contributed by atoms with Crippen LogP contribution >= 0.6 is 0 Å². The number of carbonyl (C=O) groups is 3. The highest BCUT2D eigenvalue weighted by molar-refractivity contribution is 5.92. The third kappa shape index (κ3) is 5.96. The number of fused-ring (bicyclic) bond motifs is 6. The third-order valence-electron chi connectivity index (χ3n) is 9.82. The van der Waals surface area contributed by atoms with Gasteiger partial charge in [0.05, 0.1) is 39.0 Å². The largest absolute Gasteiger partial charge is 0.497 e. The fourth-order valence-corrected chi connectivity index (χ4v) is 7.83. The molecule has 46 heavy (non-hydrogen) atoms. The van der Waals surface area contributed by atoms with Crippen molar-refractivity contribution in [1.82, 2.24) is 9.88 Å². The molecule has 11 heteroatoms. The number of anilines is 1. The lowest BCUT2D eigenvalue weighted by atomic mass is 9.63. The van der Waals surface area contributed by atoms with Gasteiger partial charge in [-0.1, -0.05) is 6.07 Å². The van der Waals surface area contributed by atoms with Gasteiger partial charge in [-0.3, -0.25) is 14.5 Å². The van der Waals surface area contributed by atoms with Gasteiger partial charge in [-0.2, -0.15) is 0 Å². The number of benzene rings is 2. The van der Waals surface area contributed by atoms with Gasteiger partial charge < -0.3 is 34.0 Å². The second kappa shape index (κ2) is 13.2. The SMILES string of the molecule is COC(=O)[C@H]1[C@H]2C[C@@H]3c4[nH]c5cc(OC)ccc5c4CCN3C[C@H]2C[C@@H](OC(=O)/C=C/c2ccc(OC)c(NC(C)=O)c2)[C@@H]1OC. The number of nitrogens with one attached hydrogen (secondary N) is 2. The maximum absolute atomic E-state index is 13.4. The Morgan fingerprint density at radius 1 is 1.02 bits per heavy atom. The molecule has 0 unspecified atom stereocenters. The number of methoxy groups -OCH3 is 4. The van der Waals surface area contributed by atoms with Crippen LogP contribution in [0.2, 0.25) is 0 Å². The van der Waals surface area contributed by atoms with E-state index >= 15 is 0 Å². The Morgan fingerprint density at radius 3 is 2.57 bits per heavy atom. The zero-order valence-corrected chi connectivity index (χ0v) is 26.8. The third-order valence-corrected chi connectivity index (χ3v) is 9.82. The topological polar surface area (TPSA) is 128 Å². The van der Waals surface area contributed by atoms with Crippen molar-refractivity contribution in [2.45, 2.75) is 44.4 Å². The lowest BCUT2D eigenvalue weighted by Gasteiger charge is -2.52. The molecule has 2 aliphatic heterocycles. The number of amides is 1. The minimum absolute atomic E-state index is 0.0115. The Balaban J connectivity index is 1.22. The Morgan fingerprint density at radius 2 is 1.85 bits per heavy atom. The van der Waals surface area contributed by atoms with Gasteiger partial charge >= 0.3 is 11.9 Å². The molecule has 1 saturated carbocycles. The maximum Gasteiger partial charge on any atom is 0.331 e. The highest BCUT2D eigenvalue weighted by Crippen LogP contribution is 2.50. The van der Waals surface area contributed by atoms with Crippen LogP contribution in [0.25, 0.3) is 17.0 Å². The van der Waals surface area contributed by atoms with E-state index in [4.69, 9.17) is 23.7 Å². The molecule has 3 aliphatic rings. The molecule has 1 saturated heterocycles. The average molecular weight is 632 g/mol. The first-order chi connectivity index (χ1) is 22.2. The molecular formula is C35H41N3O8. The molecule has 0 bridgehead atoms. The van der Waals surface area contributed by atoms with Crippen LogP contribution in [0.3, 0.4) is 0 Å². The maximum atomic E-state index is 13.4. The predicted molar refractivity (Wildman–Crippen MR) is 172 cm³/mol. The molecule has 2 N–H and O–H groups in total. The number of nitrogens with zero attached hydrogens (tertiary/aromatic N) is 1. The first-order valence-electron chi connectivity index (χ1n) is 15.6. The van der Waals surface area contributed by atoms with Gasteiger partial charge in [-0.05, 0) is 72.6 Å².